The average Bonchev–Trinajstić information content (AvgIpc) is 2.80. The molecule has 2 atom stereocenters. The van der Waals surface area contributed by atoms with E-state index in [1.54, 1.807) is 0 Å². The number of aryl methyl sites for hydroxylation is 1. The maximum atomic E-state index is 11.2. The minimum absolute atomic E-state index is 0.0833. The van der Waals surface area contributed by atoms with Crippen LogP contribution in [0.2, 0.25) is 0 Å². The molecule has 78 valence electrons. The van der Waals surface area contributed by atoms with Gasteiger partial charge >= 0.3 is 0 Å². The highest BCUT2D eigenvalue weighted by atomic mass is 79.9. The van der Waals surface area contributed by atoms with Crippen molar-refractivity contribution in [1.82, 2.24) is 0 Å². The quantitative estimate of drug-likeness (QED) is 0.831. The highest BCUT2D eigenvalue weighted by Crippen LogP contribution is 2.61. The summed E-state index contributed by atoms with van der Waals surface area (Å²) in [4.78, 5) is 11.2. The minimum Gasteiger partial charge on any atom is -0.369 e. The van der Waals surface area contributed by atoms with Gasteiger partial charge < -0.3 is 5.73 Å². The first-order valence-corrected chi connectivity index (χ1v) is 6.01. The lowest BCUT2D eigenvalue weighted by Crippen LogP contribution is -2.19. The van der Waals surface area contributed by atoms with Gasteiger partial charge in [0.1, 0.15) is 0 Å². The predicted molar refractivity (Wildman–Crippen MR) is 61.4 cm³/mol. The van der Waals surface area contributed by atoms with E-state index in [2.05, 4.69) is 34.1 Å². The van der Waals surface area contributed by atoms with Crippen LogP contribution >= 0.6 is 15.9 Å². The smallest absolute Gasteiger partial charge is 0.221 e. The summed E-state index contributed by atoms with van der Waals surface area (Å²) < 4.78 is 1.12. The van der Waals surface area contributed by atoms with Gasteiger partial charge in [0.15, 0.2) is 0 Å². The number of primary amides is 1. The lowest BCUT2D eigenvalue weighted by molar-refractivity contribution is -0.119. The molecule has 1 aromatic carbocycles. The molecule has 0 unspecified atom stereocenters. The van der Waals surface area contributed by atoms with Gasteiger partial charge in [0, 0.05) is 15.8 Å². The molecule has 1 spiro atoms. The zero-order chi connectivity index (χ0) is 10.6. The lowest BCUT2D eigenvalue weighted by Gasteiger charge is -2.09. The first-order valence-electron chi connectivity index (χ1n) is 5.22. The van der Waals surface area contributed by atoms with Crippen LogP contribution in [0.4, 0.5) is 0 Å². The number of carbonyl (C=O) groups is 1. The molecule has 3 rings (SSSR count). The van der Waals surface area contributed by atoms with E-state index in [0.717, 1.165) is 23.7 Å². The van der Waals surface area contributed by atoms with E-state index in [1.807, 2.05) is 0 Å². The number of amides is 1. The zero-order valence-electron chi connectivity index (χ0n) is 8.29. The van der Waals surface area contributed by atoms with Gasteiger partial charge in [-0.25, -0.2) is 0 Å². The molecule has 1 aromatic rings. The Morgan fingerprint density at radius 3 is 3.00 bits per heavy atom. The molecule has 3 heteroatoms. The Hall–Kier alpha value is -0.830. The number of nitrogens with two attached hydrogens (primary N) is 1. The van der Waals surface area contributed by atoms with Crippen molar-refractivity contribution in [2.75, 3.05) is 0 Å². The molecular formula is C12H12BrNO. The van der Waals surface area contributed by atoms with Gasteiger partial charge in [0.05, 0.1) is 0 Å². The number of fused-ring (bicyclic) bond motifs is 2. The van der Waals surface area contributed by atoms with Crippen LogP contribution in [0.15, 0.2) is 22.7 Å². The molecule has 0 aromatic heterocycles. The van der Waals surface area contributed by atoms with Crippen LogP contribution in [0.3, 0.4) is 0 Å². The molecule has 2 aliphatic carbocycles. The van der Waals surface area contributed by atoms with E-state index in [9.17, 15) is 4.79 Å². The second-order valence-corrected chi connectivity index (χ2v) is 5.53. The molecule has 1 saturated carbocycles. The fourth-order valence-corrected chi connectivity index (χ4v) is 3.41. The molecule has 0 radical (unpaired) electrons. The van der Waals surface area contributed by atoms with E-state index in [4.69, 9.17) is 5.73 Å². The summed E-state index contributed by atoms with van der Waals surface area (Å²) in [6.45, 7) is 0. The van der Waals surface area contributed by atoms with Crippen LogP contribution in [-0.2, 0) is 16.6 Å². The fraction of sp³-hybridized carbons (Fsp3) is 0.417. The van der Waals surface area contributed by atoms with E-state index in [0.29, 0.717) is 0 Å². The average molecular weight is 266 g/mol. The van der Waals surface area contributed by atoms with Crippen LogP contribution in [0.25, 0.3) is 0 Å². The molecule has 1 amide bonds. The standard InChI is InChI=1S/C12H12BrNO/c13-8-1-2-9-7(5-8)3-4-12(9)6-10(12)11(14)15/h1-2,5,10H,3-4,6H2,(H2,14,15)/t10-,12-/m1/s1. The first-order chi connectivity index (χ1) is 7.13. The summed E-state index contributed by atoms with van der Waals surface area (Å²) >= 11 is 3.48. The molecule has 15 heavy (non-hydrogen) atoms. The van der Waals surface area contributed by atoms with Crippen molar-refractivity contribution in [3.8, 4) is 0 Å². The van der Waals surface area contributed by atoms with Gasteiger partial charge in [-0.05, 0) is 42.5 Å². The molecule has 0 saturated heterocycles. The highest BCUT2D eigenvalue weighted by Gasteiger charge is 2.60. The Balaban J connectivity index is 2.04. The van der Waals surface area contributed by atoms with Crippen molar-refractivity contribution in [1.29, 1.82) is 0 Å². The van der Waals surface area contributed by atoms with Gasteiger partial charge in [-0.15, -0.1) is 0 Å². The number of hydrogen-bond acceptors (Lipinski definition) is 1. The molecule has 2 nitrogen and oxygen atoms in total. The zero-order valence-corrected chi connectivity index (χ0v) is 9.88. The van der Waals surface area contributed by atoms with Crippen LogP contribution < -0.4 is 5.73 Å². The number of carbonyl (C=O) groups excluding carboxylic acids is 1. The number of hydrogen-bond donors (Lipinski definition) is 1. The Kier molecular flexibility index (Phi) is 1.78. The Morgan fingerprint density at radius 2 is 2.33 bits per heavy atom. The summed E-state index contributed by atoms with van der Waals surface area (Å²) in [5.74, 6) is -0.0503. The maximum absolute atomic E-state index is 11.2. The number of benzene rings is 1. The van der Waals surface area contributed by atoms with E-state index in [1.165, 1.54) is 11.1 Å². The van der Waals surface area contributed by atoms with Crippen molar-refractivity contribution < 1.29 is 4.79 Å². The molecule has 1 fully saturated rings. The van der Waals surface area contributed by atoms with Crippen LogP contribution in [-0.4, -0.2) is 5.91 Å². The molecule has 2 N–H and O–H groups in total. The third-order valence-corrected chi connectivity index (χ3v) is 4.36. The predicted octanol–water partition coefficient (Wildman–Crippen LogP) is 2.14. The van der Waals surface area contributed by atoms with Crippen molar-refractivity contribution in [3.63, 3.8) is 0 Å². The van der Waals surface area contributed by atoms with Crippen molar-refractivity contribution in [3.05, 3.63) is 33.8 Å². The SMILES string of the molecule is NC(=O)[C@H]1C[C@@]12CCc1cc(Br)ccc12. The normalized spacial score (nSPS) is 31.7. The summed E-state index contributed by atoms with van der Waals surface area (Å²) in [7, 11) is 0. The van der Waals surface area contributed by atoms with Gasteiger partial charge in [-0.1, -0.05) is 22.0 Å². The van der Waals surface area contributed by atoms with E-state index in [-0.39, 0.29) is 17.2 Å². The van der Waals surface area contributed by atoms with Gasteiger partial charge in [-0.3, -0.25) is 4.79 Å². The minimum atomic E-state index is -0.134. The van der Waals surface area contributed by atoms with Crippen LogP contribution in [0.5, 0.6) is 0 Å². The Bertz CT molecular complexity index is 457. The van der Waals surface area contributed by atoms with E-state index < -0.39 is 0 Å². The third kappa shape index (κ3) is 1.19. The number of rotatable bonds is 1. The molecule has 0 aliphatic heterocycles. The fourth-order valence-electron chi connectivity index (χ4n) is 3.00. The number of halogens is 1. The largest absolute Gasteiger partial charge is 0.369 e. The van der Waals surface area contributed by atoms with Crippen molar-refractivity contribution in [2.24, 2.45) is 11.7 Å². The monoisotopic (exact) mass is 265 g/mol. The van der Waals surface area contributed by atoms with Gasteiger partial charge in [0.25, 0.3) is 0 Å². The van der Waals surface area contributed by atoms with Gasteiger partial charge in [-0.2, -0.15) is 0 Å². The maximum Gasteiger partial charge on any atom is 0.221 e. The second kappa shape index (κ2) is 2.85. The topological polar surface area (TPSA) is 43.1 Å². The van der Waals surface area contributed by atoms with E-state index >= 15 is 0 Å². The Labute approximate surface area is 97.0 Å². The summed E-state index contributed by atoms with van der Waals surface area (Å²) in [5.41, 5.74) is 8.24. The summed E-state index contributed by atoms with van der Waals surface area (Å²) in [6.07, 6.45) is 3.13. The van der Waals surface area contributed by atoms with Crippen molar-refractivity contribution in [2.45, 2.75) is 24.7 Å². The van der Waals surface area contributed by atoms with Crippen LogP contribution in [0.1, 0.15) is 24.0 Å². The summed E-state index contributed by atoms with van der Waals surface area (Å²) in [6, 6.07) is 6.37. The lowest BCUT2D eigenvalue weighted by atomic mass is 9.95. The summed E-state index contributed by atoms with van der Waals surface area (Å²) in [5, 5.41) is 0. The highest BCUT2D eigenvalue weighted by molar-refractivity contribution is 9.10. The molecule has 0 heterocycles. The van der Waals surface area contributed by atoms with Gasteiger partial charge in [0.2, 0.25) is 5.91 Å². The van der Waals surface area contributed by atoms with Crippen LogP contribution in [0, 0.1) is 5.92 Å². The van der Waals surface area contributed by atoms with Crippen molar-refractivity contribution >= 4 is 21.8 Å². The first kappa shape index (κ1) is 9.40. The molecular weight excluding hydrogens is 254 g/mol. The molecule has 2 aliphatic rings. The third-order valence-electron chi connectivity index (χ3n) is 3.86. The Morgan fingerprint density at radius 1 is 1.53 bits per heavy atom. The molecule has 0 bridgehead atoms. The second-order valence-electron chi connectivity index (χ2n) is 4.62.